The topological polar surface area (TPSA) is 74.9 Å². The van der Waals surface area contributed by atoms with Crippen molar-refractivity contribution in [1.29, 1.82) is 0 Å². The van der Waals surface area contributed by atoms with Gasteiger partial charge in [0.25, 0.3) is 5.91 Å². The normalized spacial score (nSPS) is 18.2. The Kier molecular flexibility index (Phi) is 7.97. The third-order valence-corrected chi connectivity index (χ3v) is 5.67. The lowest BCUT2D eigenvalue weighted by atomic mass is 10.1. The zero-order valence-electron chi connectivity index (χ0n) is 18.7. The summed E-state index contributed by atoms with van der Waals surface area (Å²) in [5.41, 5.74) is 1.88. The number of ether oxygens (including phenoxy) is 4. The van der Waals surface area contributed by atoms with Gasteiger partial charge in [0.2, 0.25) is 5.75 Å². The fourth-order valence-corrected chi connectivity index (χ4v) is 3.99. The summed E-state index contributed by atoms with van der Waals surface area (Å²) in [4.78, 5) is 15.2. The van der Waals surface area contributed by atoms with E-state index in [9.17, 15) is 4.79 Å². The number of piperazine rings is 1. The molecule has 0 aliphatic carbocycles. The smallest absolute Gasteiger partial charge is 0.279 e. The molecule has 0 radical (unpaired) electrons. The molecule has 1 fully saturated rings. The first-order valence-corrected chi connectivity index (χ1v) is 10.5. The van der Waals surface area contributed by atoms with E-state index in [2.05, 4.69) is 5.32 Å². The van der Waals surface area contributed by atoms with Crippen LogP contribution in [0.2, 0.25) is 0 Å². The lowest BCUT2D eigenvalue weighted by Gasteiger charge is -2.29. The summed E-state index contributed by atoms with van der Waals surface area (Å²) in [7, 11) is 6.52. The summed E-state index contributed by atoms with van der Waals surface area (Å²) in [5, 5.41) is 2.97. The average Bonchev–Trinajstić information content (AvgIpc) is 2.80. The molecule has 1 amide bonds. The van der Waals surface area contributed by atoms with Gasteiger partial charge in [0.1, 0.15) is 38.5 Å². The van der Waals surface area contributed by atoms with Crippen molar-refractivity contribution in [2.45, 2.75) is 6.54 Å². The summed E-state index contributed by atoms with van der Waals surface area (Å²) >= 11 is 0. The summed E-state index contributed by atoms with van der Waals surface area (Å²) in [6.45, 7) is 5.18. The highest BCUT2D eigenvalue weighted by Gasteiger charge is 2.27. The Bertz CT molecular complexity index is 864. The van der Waals surface area contributed by atoms with Gasteiger partial charge in [0.05, 0.1) is 34.0 Å². The maximum absolute atomic E-state index is 12.4. The molecular weight excluding hydrogens is 398 g/mol. The lowest BCUT2D eigenvalue weighted by molar-refractivity contribution is -1.02. The van der Waals surface area contributed by atoms with Crippen molar-refractivity contribution in [3.8, 4) is 23.0 Å². The molecule has 2 aromatic rings. The van der Waals surface area contributed by atoms with Crippen molar-refractivity contribution in [3.63, 3.8) is 0 Å². The maximum Gasteiger partial charge on any atom is 0.279 e. The highest BCUT2D eigenvalue weighted by Crippen LogP contribution is 2.39. The number of carbonyl (C=O) groups is 1. The molecule has 1 saturated heterocycles. The number of carbonyl (C=O) groups excluding carboxylic acids is 1. The van der Waals surface area contributed by atoms with Gasteiger partial charge in [-0.25, -0.2) is 0 Å². The van der Waals surface area contributed by atoms with Gasteiger partial charge in [-0.15, -0.1) is 0 Å². The van der Waals surface area contributed by atoms with Gasteiger partial charge in [0, 0.05) is 5.69 Å². The Morgan fingerprint density at radius 1 is 0.806 bits per heavy atom. The molecule has 8 heteroatoms. The molecule has 8 nitrogen and oxygen atoms in total. The van der Waals surface area contributed by atoms with E-state index in [0.717, 1.165) is 55.5 Å². The van der Waals surface area contributed by atoms with E-state index < -0.39 is 0 Å². The molecule has 1 aliphatic heterocycles. The number of anilines is 1. The van der Waals surface area contributed by atoms with Crippen molar-refractivity contribution in [3.05, 3.63) is 42.0 Å². The minimum Gasteiger partial charge on any atom is -0.497 e. The van der Waals surface area contributed by atoms with Gasteiger partial charge in [-0.1, -0.05) is 0 Å². The molecule has 0 aromatic heterocycles. The quantitative estimate of drug-likeness (QED) is 0.506. The molecule has 0 saturated carbocycles. The molecular formula is C23H33N3O5+2. The highest BCUT2D eigenvalue weighted by molar-refractivity contribution is 5.91. The SMILES string of the molecule is COc1ccc(NC(=O)C[NH+]2CC[NH+](Cc3ccc(OC)c(OC)c3OC)CC2)cc1. The molecule has 0 unspecified atom stereocenters. The zero-order valence-corrected chi connectivity index (χ0v) is 18.7. The van der Waals surface area contributed by atoms with Crippen LogP contribution in [0.1, 0.15) is 5.56 Å². The Morgan fingerprint density at radius 2 is 1.45 bits per heavy atom. The first-order valence-electron chi connectivity index (χ1n) is 10.5. The highest BCUT2D eigenvalue weighted by atomic mass is 16.5. The number of benzene rings is 2. The number of hydrogen-bond acceptors (Lipinski definition) is 5. The van der Waals surface area contributed by atoms with Crippen LogP contribution < -0.4 is 34.1 Å². The van der Waals surface area contributed by atoms with Crippen LogP contribution in [0, 0.1) is 0 Å². The van der Waals surface area contributed by atoms with Crippen molar-refractivity contribution in [2.24, 2.45) is 0 Å². The van der Waals surface area contributed by atoms with Crippen LogP contribution in [0.3, 0.4) is 0 Å². The minimum atomic E-state index is 0.0326. The predicted molar refractivity (Wildman–Crippen MR) is 118 cm³/mol. The molecule has 3 rings (SSSR count). The monoisotopic (exact) mass is 431 g/mol. The van der Waals surface area contributed by atoms with E-state index in [1.807, 2.05) is 36.4 Å². The second-order valence-corrected chi connectivity index (χ2v) is 7.62. The molecule has 2 aromatic carbocycles. The van der Waals surface area contributed by atoms with Crippen molar-refractivity contribution >= 4 is 11.6 Å². The first-order chi connectivity index (χ1) is 15.1. The maximum atomic E-state index is 12.4. The summed E-state index contributed by atoms with van der Waals surface area (Å²) in [6, 6.07) is 11.3. The Balaban J connectivity index is 1.51. The van der Waals surface area contributed by atoms with E-state index in [-0.39, 0.29) is 5.91 Å². The van der Waals surface area contributed by atoms with E-state index in [1.54, 1.807) is 28.4 Å². The summed E-state index contributed by atoms with van der Waals surface area (Å²) in [5.74, 6) is 2.82. The number of nitrogens with one attached hydrogen (secondary N) is 3. The third kappa shape index (κ3) is 5.80. The molecule has 0 bridgehead atoms. The number of rotatable bonds is 9. The van der Waals surface area contributed by atoms with Crippen molar-refractivity contribution < 1.29 is 33.5 Å². The predicted octanol–water partition coefficient (Wildman–Crippen LogP) is -0.357. The third-order valence-electron chi connectivity index (χ3n) is 5.67. The zero-order chi connectivity index (χ0) is 22.2. The van der Waals surface area contributed by atoms with E-state index >= 15 is 0 Å². The number of quaternary nitrogens is 2. The first kappa shape index (κ1) is 22.7. The van der Waals surface area contributed by atoms with Crippen LogP contribution in [0.15, 0.2) is 36.4 Å². The summed E-state index contributed by atoms with van der Waals surface area (Å²) < 4.78 is 21.6. The standard InChI is InChI=1S/C23H31N3O5/c1-28-19-8-6-18(7-9-19)24-21(27)16-26-13-11-25(12-14-26)15-17-5-10-20(29-2)23(31-4)22(17)30-3/h5-10H,11-16H2,1-4H3,(H,24,27)/p+2. The van der Waals surface area contributed by atoms with Crippen LogP contribution in [0.4, 0.5) is 5.69 Å². The van der Waals surface area contributed by atoms with Gasteiger partial charge >= 0.3 is 0 Å². The largest absolute Gasteiger partial charge is 0.497 e. The molecule has 0 spiro atoms. The Labute approximate surface area is 183 Å². The molecule has 3 N–H and O–H groups in total. The molecule has 1 heterocycles. The average molecular weight is 432 g/mol. The van der Waals surface area contributed by atoms with Gasteiger partial charge < -0.3 is 34.1 Å². The Morgan fingerprint density at radius 3 is 2.03 bits per heavy atom. The molecule has 31 heavy (non-hydrogen) atoms. The second kappa shape index (κ2) is 10.9. The lowest BCUT2D eigenvalue weighted by Crippen LogP contribution is -3.28. The van der Waals surface area contributed by atoms with Gasteiger partial charge in [-0.2, -0.15) is 0 Å². The summed E-state index contributed by atoms with van der Waals surface area (Å²) in [6.07, 6.45) is 0. The van der Waals surface area contributed by atoms with E-state index in [4.69, 9.17) is 18.9 Å². The van der Waals surface area contributed by atoms with Gasteiger partial charge in [-0.05, 0) is 36.4 Å². The molecule has 0 atom stereocenters. The van der Waals surface area contributed by atoms with Crippen LogP contribution in [-0.2, 0) is 11.3 Å². The van der Waals surface area contributed by atoms with E-state index in [0.29, 0.717) is 18.0 Å². The van der Waals surface area contributed by atoms with Gasteiger partial charge in [-0.3, -0.25) is 4.79 Å². The second-order valence-electron chi connectivity index (χ2n) is 7.62. The number of amides is 1. The number of methoxy groups -OCH3 is 4. The van der Waals surface area contributed by atoms with Crippen LogP contribution in [0.5, 0.6) is 23.0 Å². The van der Waals surface area contributed by atoms with Crippen LogP contribution in [-0.4, -0.2) is 67.1 Å². The van der Waals surface area contributed by atoms with Gasteiger partial charge in [0.15, 0.2) is 18.0 Å². The van der Waals surface area contributed by atoms with Crippen molar-refractivity contribution in [2.75, 3.05) is 66.5 Å². The fraction of sp³-hybridized carbons (Fsp3) is 0.435. The minimum absolute atomic E-state index is 0.0326. The van der Waals surface area contributed by atoms with E-state index in [1.165, 1.54) is 9.80 Å². The van der Waals surface area contributed by atoms with Crippen LogP contribution in [0.25, 0.3) is 0 Å². The van der Waals surface area contributed by atoms with Crippen molar-refractivity contribution in [1.82, 2.24) is 0 Å². The molecule has 1 aliphatic rings. The Hall–Kier alpha value is -2.97. The van der Waals surface area contributed by atoms with Crippen LogP contribution >= 0.6 is 0 Å². The number of hydrogen-bond donors (Lipinski definition) is 3. The molecule has 168 valence electrons. The fourth-order valence-electron chi connectivity index (χ4n) is 3.99.